The van der Waals surface area contributed by atoms with Crippen LogP contribution in [-0.4, -0.2) is 30.5 Å². The molecule has 1 amide bonds. The van der Waals surface area contributed by atoms with Crippen LogP contribution in [0.2, 0.25) is 0 Å². The lowest BCUT2D eigenvalue weighted by atomic mass is 10.3. The monoisotopic (exact) mass is 206 g/mol. The van der Waals surface area contributed by atoms with Crippen molar-refractivity contribution in [2.24, 2.45) is 0 Å². The van der Waals surface area contributed by atoms with Crippen molar-refractivity contribution in [3.05, 3.63) is 30.3 Å². The van der Waals surface area contributed by atoms with E-state index >= 15 is 0 Å². The van der Waals surface area contributed by atoms with Gasteiger partial charge in [0.25, 0.3) is 5.91 Å². The number of benzene rings is 1. The Hall–Kier alpha value is -1.51. The van der Waals surface area contributed by atoms with E-state index in [-0.39, 0.29) is 12.5 Å². The van der Waals surface area contributed by atoms with Crippen molar-refractivity contribution in [3.8, 4) is 5.75 Å². The fourth-order valence-corrected chi connectivity index (χ4v) is 1.28. The second-order valence-electron chi connectivity index (χ2n) is 3.09. The number of hydrogen-bond acceptors (Lipinski definition) is 2. The number of carbonyl (C=O) groups excluding carboxylic acids is 1. The molecular formula is C12H16NO2. The molecule has 1 aromatic rings. The number of amides is 1. The highest BCUT2D eigenvalue weighted by atomic mass is 16.5. The zero-order chi connectivity index (χ0) is 11.1. The minimum absolute atomic E-state index is 0.0175. The highest BCUT2D eigenvalue weighted by molar-refractivity contribution is 5.77. The maximum atomic E-state index is 11.6. The predicted molar refractivity (Wildman–Crippen MR) is 58.7 cm³/mol. The molecule has 0 saturated heterocycles. The molecule has 0 unspecified atom stereocenters. The Labute approximate surface area is 90.7 Å². The summed E-state index contributed by atoms with van der Waals surface area (Å²) in [7, 11) is 0. The van der Waals surface area contributed by atoms with Gasteiger partial charge in [-0.3, -0.25) is 4.79 Å². The van der Waals surface area contributed by atoms with E-state index in [9.17, 15) is 4.79 Å². The van der Waals surface area contributed by atoms with E-state index in [1.54, 1.807) is 17.0 Å². The molecule has 3 nitrogen and oxygen atoms in total. The van der Waals surface area contributed by atoms with Crippen molar-refractivity contribution in [1.82, 2.24) is 4.90 Å². The Morgan fingerprint density at radius 1 is 1.47 bits per heavy atom. The lowest BCUT2D eigenvalue weighted by Crippen LogP contribution is -2.34. The van der Waals surface area contributed by atoms with Crippen molar-refractivity contribution in [2.45, 2.75) is 13.8 Å². The Kier molecular flexibility index (Phi) is 4.68. The molecule has 0 N–H and O–H groups in total. The molecular weight excluding hydrogens is 190 g/mol. The standard InChI is InChI=1S/C12H16NO2/c1-3-13(4-2)12(14)10-15-11-8-6-5-7-9-11/h5-6,8-9H,3-4,10H2,1-2H3. The molecule has 0 aliphatic rings. The van der Waals surface area contributed by atoms with Gasteiger partial charge >= 0.3 is 0 Å². The van der Waals surface area contributed by atoms with Crippen LogP contribution in [0.4, 0.5) is 0 Å². The van der Waals surface area contributed by atoms with Gasteiger partial charge < -0.3 is 9.64 Å². The minimum atomic E-state index is 0.0175. The largest absolute Gasteiger partial charge is 0.484 e. The van der Waals surface area contributed by atoms with E-state index in [0.29, 0.717) is 5.75 Å². The summed E-state index contributed by atoms with van der Waals surface area (Å²) < 4.78 is 5.33. The fourth-order valence-electron chi connectivity index (χ4n) is 1.28. The van der Waals surface area contributed by atoms with Crippen molar-refractivity contribution >= 4 is 5.91 Å². The summed E-state index contributed by atoms with van der Waals surface area (Å²) in [6, 6.07) is 10.0. The van der Waals surface area contributed by atoms with Crippen LogP contribution in [0.3, 0.4) is 0 Å². The molecule has 0 bridgehead atoms. The Morgan fingerprint density at radius 3 is 2.73 bits per heavy atom. The van der Waals surface area contributed by atoms with Crippen molar-refractivity contribution in [2.75, 3.05) is 19.7 Å². The van der Waals surface area contributed by atoms with Gasteiger partial charge in [-0.15, -0.1) is 0 Å². The summed E-state index contributed by atoms with van der Waals surface area (Å²) in [5.74, 6) is 0.696. The Bertz CT molecular complexity index is 294. The highest BCUT2D eigenvalue weighted by Crippen LogP contribution is 2.07. The molecule has 15 heavy (non-hydrogen) atoms. The summed E-state index contributed by atoms with van der Waals surface area (Å²) in [6.45, 7) is 5.45. The van der Waals surface area contributed by atoms with Crippen LogP contribution >= 0.6 is 0 Å². The van der Waals surface area contributed by atoms with Crippen LogP contribution in [0, 0.1) is 6.07 Å². The Morgan fingerprint density at radius 2 is 2.20 bits per heavy atom. The summed E-state index contributed by atoms with van der Waals surface area (Å²) in [4.78, 5) is 13.3. The number of rotatable bonds is 5. The third-order valence-corrected chi connectivity index (χ3v) is 2.16. The summed E-state index contributed by atoms with van der Waals surface area (Å²) in [5.41, 5.74) is 0. The molecule has 3 heteroatoms. The van der Waals surface area contributed by atoms with Gasteiger partial charge in [-0.05, 0) is 32.0 Å². The number of ether oxygens (including phenoxy) is 1. The van der Waals surface area contributed by atoms with Gasteiger partial charge in [0, 0.05) is 13.1 Å². The molecule has 0 aromatic heterocycles. The van der Waals surface area contributed by atoms with E-state index in [4.69, 9.17) is 4.74 Å². The first-order chi connectivity index (χ1) is 7.27. The van der Waals surface area contributed by atoms with Gasteiger partial charge in [-0.25, -0.2) is 0 Å². The molecule has 1 radical (unpaired) electrons. The zero-order valence-corrected chi connectivity index (χ0v) is 9.19. The molecule has 0 aliphatic carbocycles. The molecule has 0 saturated carbocycles. The fraction of sp³-hybridized carbons (Fsp3) is 0.417. The van der Waals surface area contributed by atoms with Crippen LogP contribution in [-0.2, 0) is 4.79 Å². The normalized spacial score (nSPS) is 9.73. The first kappa shape index (κ1) is 11.6. The molecule has 0 aliphatic heterocycles. The van der Waals surface area contributed by atoms with E-state index in [1.165, 1.54) is 0 Å². The summed E-state index contributed by atoms with van der Waals surface area (Å²) in [6.07, 6.45) is 0. The molecule has 81 valence electrons. The van der Waals surface area contributed by atoms with Crippen LogP contribution in [0.15, 0.2) is 24.3 Å². The minimum Gasteiger partial charge on any atom is -0.484 e. The van der Waals surface area contributed by atoms with E-state index in [2.05, 4.69) is 6.07 Å². The second kappa shape index (κ2) is 6.06. The lowest BCUT2D eigenvalue weighted by molar-refractivity contribution is -0.132. The van der Waals surface area contributed by atoms with Gasteiger partial charge in [0.15, 0.2) is 6.61 Å². The van der Waals surface area contributed by atoms with Crippen LogP contribution in [0.5, 0.6) is 5.75 Å². The number of hydrogen-bond donors (Lipinski definition) is 0. The van der Waals surface area contributed by atoms with Gasteiger partial charge in [-0.1, -0.05) is 12.1 Å². The van der Waals surface area contributed by atoms with Crippen LogP contribution in [0.1, 0.15) is 13.8 Å². The molecule has 0 fully saturated rings. The highest BCUT2D eigenvalue weighted by Gasteiger charge is 2.09. The summed E-state index contributed by atoms with van der Waals surface area (Å²) >= 11 is 0. The number of carbonyl (C=O) groups is 1. The molecule has 1 rings (SSSR count). The third kappa shape index (κ3) is 3.62. The molecule has 1 aromatic carbocycles. The Balaban J connectivity index is 2.40. The first-order valence-corrected chi connectivity index (χ1v) is 5.14. The predicted octanol–water partition coefficient (Wildman–Crippen LogP) is 1.73. The average molecular weight is 206 g/mol. The molecule has 0 atom stereocenters. The van der Waals surface area contributed by atoms with Gasteiger partial charge in [-0.2, -0.15) is 0 Å². The molecule has 0 spiro atoms. The SMILES string of the molecule is CCN(CC)C(=O)COc1c[c]ccc1. The number of nitrogens with zero attached hydrogens (tertiary/aromatic N) is 1. The van der Waals surface area contributed by atoms with Gasteiger partial charge in [0.2, 0.25) is 0 Å². The molecule has 0 heterocycles. The van der Waals surface area contributed by atoms with Crippen molar-refractivity contribution in [3.63, 3.8) is 0 Å². The summed E-state index contributed by atoms with van der Waals surface area (Å²) in [5, 5.41) is 0. The quantitative estimate of drug-likeness (QED) is 0.734. The topological polar surface area (TPSA) is 29.5 Å². The van der Waals surface area contributed by atoms with E-state index < -0.39 is 0 Å². The lowest BCUT2D eigenvalue weighted by Gasteiger charge is -2.18. The van der Waals surface area contributed by atoms with Crippen LogP contribution < -0.4 is 4.74 Å². The maximum absolute atomic E-state index is 11.6. The second-order valence-corrected chi connectivity index (χ2v) is 3.09. The average Bonchev–Trinajstić information content (AvgIpc) is 2.29. The smallest absolute Gasteiger partial charge is 0.260 e. The zero-order valence-electron chi connectivity index (χ0n) is 9.19. The maximum Gasteiger partial charge on any atom is 0.260 e. The number of likely N-dealkylation sites (N-methyl/N-ethyl adjacent to an activating group) is 1. The van der Waals surface area contributed by atoms with Crippen LogP contribution in [0.25, 0.3) is 0 Å². The third-order valence-electron chi connectivity index (χ3n) is 2.16. The van der Waals surface area contributed by atoms with Gasteiger partial charge in [0.1, 0.15) is 5.75 Å². The van der Waals surface area contributed by atoms with E-state index in [1.807, 2.05) is 26.0 Å². The first-order valence-electron chi connectivity index (χ1n) is 5.14. The van der Waals surface area contributed by atoms with Crippen molar-refractivity contribution in [1.29, 1.82) is 0 Å². The van der Waals surface area contributed by atoms with Gasteiger partial charge in [0.05, 0.1) is 0 Å². The van der Waals surface area contributed by atoms with E-state index in [0.717, 1.165) is 13.1 Å². The van der Waals surface area contributed by atoms with Crippen molar-refractivity contribution < 1.29 is 9.53 Å².